The van der Waals surface area contributed by atoms with Crippen LogP contribution in [0.3, 0.4) is 0 Å². The molecular formula is C15H12N2O3. The van der Waals surface area contributed by atoms with E-state index in [0.29, 0.717) is 5.69 Å². The molecule has 0 radical (unpaired) electrons. The molecule has 1 unspecified atom stereocenters. The van der Waals surface area contributed by atoms with Gasteiger partial charge in [-0.3, -0.25) is 10.1 Å². The zero-order valence-electron chi connectivity index (χ0n) is 10.5. The number of H-pyrrole nitrogens is 1. The topological polar surface area (TPSA) is 79.2 Å². The number of nitro groups is 1. The fourth-order valence-corrected chi connectivity index (χ4v) is 2.30. The lowest BCUT2D eigenvalue weighted by molar-refractivity contribution is -0.386. The van der Waals surface area contributed by atoms with Crippen LogP contribution in [0, 0.1) is 10.1 Å². The average molecular weight is 268 g/mol. The lowest BCUT2D eigenvalue weighted by Crippen LogP contribution is -2.04. The van der Waals surface area contributed by atoms with Gasteiger partial charge in [-0.05, 0) is 23.6 Å². The maximum Gasteiger partial charge on any atom is 0.275 e. The molecule has 5 nitrogen and oxygen atoms in total. The quantitative estimate of drug-likeness (QED) is 0.565. The summed E-state index contributed by atoms with van der Waals surface area (Å²) < 4.78 is 0. The molecule has 0 aliphatic heterocycles. The van der Waals surface area contributed by atoms with Crippen molar-refractivity contribution in [2.45, 2.75) is 6.10 Å². The Labute approximate surface area is 114 Å². The molecule has 1 aromatic heterocycles. The minimum Gasteiger partial charge on any atom is -0.382 e. The smallest absolute Gasteiger partial charge is 0.275 e. The van der Waals surface area contributed by atoms with E-state index in [-0.39, 0.29) is 11.3 Å². The van der Waals surface area contributed by atoms with Crippen LogP contribution in [0.2, 0.25) is 0 Å². The zero-order chi connectivity index (χ0) is 14.1. The van der Waals surface area contributed by atoms with E-state index < -0.39 is 11.0 Å². The summed E-state index contributed by atoms with van der Waals surface area (Å²) in [4.78, 5) is 13.6. The number of nitrogens with one attached hydrogen (secondary N) is 1. The molecule has 1 heterocycles. The average Bonchev–Trinajstić information content (AvgIpc) is 2.90. The monoisotopic (exact) mass is 268 g/mol. The molecule has 1 atom stereocenters. The number of aromatic nitrogens is 1. The second kappa shape index (κ2) is 4.79. The van der Waals surface area contributed by atoms with Gasteiger partial charge in [-0.15, -0.1) is 0 Å². The zero-order valence-corrected chi connectivity index (χ0v) is 10.5. The first-order valence-corrected chi connectivity index (χ1v) is 6.16. The van der Waals surface area contributed by atoms with Crippen LogP contribution in [0.1, 0.15) is 17.4 Å². The highest BCUT2D eigenvalue weighted by molar-refractivity contribution is 5.80. The summed E-state index contributed by atoms with van der Waals surface area (Å²) in [6.07, 6.45) is -1.05. The van der Waals surface area contributed by atoms with Crippen LogP contribution in [0.25, 0.3) is 10.9 Å². The molecule has 2 aromatic carbocycles. The first-order chi connectivity index (χ1) is 9.66. The van der Waals surface area contributed by atoms with Gasteiger partial charge in [0, 0.05) is 17.3 Å². The van der Waals surface area contributed by atoms with E-state index in [9.17, 15) is 15.2 Å². The van der Waals surface area contributed by atoms with E-state index in [0.717, 1.165) is 10.9 Å². The van der Waals surface area contributed by atoms with Crippen molar-refractivity contribution in [2.24, 2.45) is 0 Å². The van der Waals surface area contributed by atoms with Crippen molar-refractivity contribution in [2.75, 3.05) is 0 Å². The standard InChI is InChI=1S/C15H12N2O3/c18-15(11-6-2-4-8-14(11)17(19)20)13-9-10-5-1-3-7-12(10)16-13/h1-9,15-16,18H. The predicted octanol–water partition coefficient (Wildman–Crippen LogP) is 3.16. The van der Waals surface area contributed by atoms with Crippen LogP contribution in [-0.4, -0.2) is 15.0 Å². The van der Waals surface area contributed by atoms with E-state index in [1.165, 1.54) is 6.07 Å². The van der Waals surface area contributed by atoms with Crippen molar-refractivity contribution in [1.82, 2.24) is 4.98 Å². The number of aromatic amines is 1. The van der Waals surface area contributed by atoms with Gasteiger partial charge in [0.1, 0.15) is 6.10 Å². The van der Waals surface area contributed by atoms with Gasteiger partial charge in [0.25, 0.3) is 5.69 Å². The minimum atomic E-state index is -1.05. The molecule has 0 aliphatic rings. The van der Waals surface area contributed by atoms with Crippen molar-refractivity contribution >= 4 is 16.6 Å². The Morgan fingerprint density at radius 3 is 2.55 bits per heavy atom. The molecule has 0 spiro atoms. The summed E-state index contributed by atoms with van der Waals surface area (Å²) in [7, 11) is 0. The molecule has 100 valence electrons. The van der Waals surface area contributed by atoms with Crippen molar-refractivity contribution in [1.29, 1.82) is 0 Å². The second-order valence-corrected chi connectivity index (χ2v) is 4.53. The molecule has 0 saturated heterocycles. The van der Waals surface area contributed by atoms with E-state index in [1.807, 2.05) is 24.3 Å². The third-order valence-corrected chi connectivity index (χ3v) is 3.27. The highest BCUT2D eigenvalue weighted by Gasteiger charge is 2.22. The van der Waals surface area contributed by atoms with Gasteiger partial charge in [-0.1, -0.05) is 30.3 Å². The van der Waals surface area contributed by atoms with Gasteiger partial charge in [0.2, 0.25) is 0 Å². The molecule has 5 heteroatoms. The third-order valence-electron chi connectivity index (χ3n) is 3.27. The van der Waals surface area contributed by atoms with Gasteiger partial charge in [-0.2, -0.15) is 0 Å². The van der Waals surface area contributed by atoms with Gasteiger partial charge in [0.15, 0.2) is 0 Å². The third kappa shape index (κ3) is 2.04. The maximum atomic E-state index is 11.0. The van der Waals surface area contributed by atoms with Crippen LogP contribution in [0.15, 0.2) is 54.6 Å². The number of nitro benzene ring substituents is 1. The lowest BCUT2D eigenvalue weighted by Gasteiger charge is -2.09. The minimum absolute atomic E-state index is 0.0846. The van der Waals surface area contributed by atoms with E-state index in [4.69, 9.17) is 0 Å². The Morgan fingerprint density at radius 1 is 1.10 bits per heavy atom. The van der Waals surface area contributed by atoms with Crippen molar-refractivity contribution in [3.63, 3.8) is 0 Å². The van der Waals surface area contributed by atoms with Crippen LogP contribution < -0.4 is 0 Å². The summed E-state index contributed by atoms with van der Waals surface area (Å²) in [5, 5.41) is 22.4. The molecule has 0 aliphatic carbocycles. The van der Waals surface area contributed by atoms with Crippen LogP contribution in [-0.2, 0) is 0 Å². The molecule has 0 saturated carbocycles. The van der Waals surface area contributed by atoms with Gasteiger partial charge in [-0.25, -0.2) is 0 Å². The van der Waals surface area contributed by atoms with Crippen molar-refractivity contribution < 1.29 is 10.0 Å². The van der Waals surface area contributed by atoms with Crippen LogP contribution in [0.4, 0.5) is 5.69 Å². The number of rotatable bonds is 3. The normalized spacial score (nSPS) is 12.4. The Morgan fingerprint density at radius 2 is 1.80 bits per heavy atom. The Balaban J connectivity index is 2.08. The summed E-state index contributed by atoms with van der Waals surface area (Å²) in [6.45, 7) is 0. The Hall–Kier alpha value is -2.66. The molecule has 0 bridgehead atoms. The van der Waals surface area contributed by atoms with Gasteiger partial charge in [0.05, 0.1) is 10.5 Å². The maximum absolute atomic E-state index is 11.0. The first kappa shape index (κ1) is 12.4. The van der Waals surface area contributed by atoms with Crippen LogP contribution >= 0.6 is 0 Å². The van der Waals surface area contributed by atoms with Crippen molar-refractivity contribution in [3.05, 3.63) is 76.0 Å². The molecule has 3 aromatic rings. The van der Waals surface area contributed by atoms with Gasteiger partial charge >= 0.3 is 0 Å². The lowest BCUT2D eigenvalue weighted by atomic mass is 10.0. The fourth-order valence-electron chi connectivity index (χ4n) is 2.30. The van der Waals surface area contributed by atoms with Crippen LogP contribution in [0.5, 0.6) is 0 Å². The highest BCUT2D eigenvalue weighted by Crippen LogP contribution is 2.30. The molecule has 20 heavy (non-hydrogen) atoms. The molecule has 0 amide bonds. The number of hydrogen-bond donors (Lipinski definition) is 2. The first-order valence-electron chi connectivity index (χ1n) is 6.16. The predicted molar refractivity (Wildman–Crippen MR) is 75.5 cm³/mol. The Kier molecular flexibility index (Phi) is 2.96. The van der Waals surface area contributed by atoms with Gasteiger partial charge < -0.3 is 10.1 Å². The number of nitrogens with zero attached hydrogens (tertiary/aromatic N) is 1. The highest BCUT2D eigenvalue weighted by atomic mass is 16.6. The number of para-hydroxylation sites is 2. The SMILES string of the molecule is O=[N+]([O-])c1ccccc1C(O)c1cc2ccccc2[nH]1. The number of aliphatic hydroxyl groups is 1. The van der Waals surface area contributed by atoms with E-state index in [1.54, 1.807) is 24.3 Å². The number of hydrogen-bond acceptors (Lipinski definition) is 3. The van der Waals surface area contributed by atoms with E-state index >= 15 is 0 Å². The molecular weight excluding hydrogens is 256 g/mol. The Bertz CT molecular complexity index is 746. The van der Waals surface area contributed by atoms with E-state index in [2.05, 4.69) is 4.98 Å². The molecule has 2 N–H and O–H groups in total. The number of aliphatic hydroxyl groups excluding tert-OH is 1. The fraction of sp³-hybridized carbons (Fsp3) is 0.0667. The van der Waals surface area contributed by atoms with Crippen molar-refractivity contribution in [3.8, 4) is 0 Å². The number of benzene rings is 2. The second-order valence-electron chi connectivity index (χ2n) is 4.53. The molecule has 0 fully saturated rings. The summed E-state index contributed by atoms with van der Waals surface area (Å²) in [5.74, 6) is 0. The molecule has 3 rings (SSSR count). The largest absolute Gasteiger partial charge is 0.382 e. The summed E-state index contributed by atoms with van der Waals surface area (Å²) in [6, 6.07) is 15.6. The summed E-state index contributed by atoms with van der Waals surface area (Å²) in [5.41, 5.74) is 1.63. The summed E-state index contributed by atoms with van der Waals surface area (Å²) >= 11 is 0. The number of fused-ring (bicyclic) bond motifs is 1.